The number of benzene rings is 10. The Morgan fingerprint density at radius 2 is 0.869 bits per heavy atom. The maximum Gasteiger partial charge on any atom is 0.0547 e. The standard InChI is InChI=1S/C58H36N2S/c1-3-13-37(14-4-1)39-16-11-19-44(33-39)60-51-23-10-9-21-47(51)48-36-42(27-30-52(48)60)46-22-12-24-56-58(46)50-35-41(28-32-55(50)61-56)40-26-29-53-49(34-40)57-45-20-8-7-15-38(45)25-31-54(57)59(53)43-17-5-2-6-18-43/h1-36H. The van der Waals surface area contributed by atoms with E-state index in [1.807, 2.05) is 11.3 Å². The van der Waals surface area contributed by atoms with Gasteiger partial charge in [0.25, 0.3) is 0 Å². The summed E-state index contributed by atoms with van der Waals surface area (Å²) in [6, 6.07) is 80.4. The fourth-order valence-corrected chi connectivity index (χ4v) is 11.1. The molecule has 0 spiro atoms. The van der Waals surface area contributed by atoms with Crippen LogP contribution in [0.5, 0.6) is 0 Å². The molecule has 3 aromatic heterocycles. The van der Waals surface area contributed by atoms with Crippen molar-refractivity contribution in [3.8, 4) is 44.8 Å². The molecule has 0 aliphatic carbocycles. The molecule has 0 fully saturated rings. The van der Waals surface area contributed by atoms with E-state index < -0.39 is 0 Å². The maximum atomic E-state index is 2.43. The van der Waals surface area contributed by atoms with Crippen LogP contribution in [0.3, 0.4) is 0 Å². The van der Waals surface area contributed by atoms with E-state index in [9.17, 15) is 0 Å². The van der Waals surface area contributed by atoms with E-state index in [2.05, 4.69) is 228 Å². The van der Waals surface area contributed by atoms with Gasteiger partial charge in [0.2, 0.25) is 0 Å². The summed E-state index contributed by atoms with van der Waals surface area (Å²) in [5.41, 5.74) is 14.5. The molecule has 0 atom stereocenters. The minimum atomic E-state index is 1.16. The van der Waals surface area contributed by atoms with Crippen LogP contribution in [0.4, 0.5) is 0 Å². The number of fused-ring (bicyclic) bond motifs is 11. The Hall–Kier alpha value is -7.72. The highest BCUT2D eigenvalue weighted by Crippen LogP contribution is 2.44. The summed E-state index contributed by atoms with van der Waals surface area (Å²) in [5, 5.41) is 10.2. The van der Waals surface area contributed by atoms with E-state index in [1.165, 1.54) is 114 Å². The summed E-state index contributed by atoms with van der Waals surface area (Å²) >= 11 is 1.88. The zero-order valence-corrected chi connectivity index (χ0v) is 33.9. The number of aromatic nitrogens is 2. The maximum absolute atomic E-state index is 2.43. The van der Waals surface area contributed by atoms with Crippen LogP contribution in [0.25, 0.3) is 119 Å². The van der Waals surface area contributed by atoms with Crippen LogP contribution in [0, 0.1) is 0 Å². The number of rotatable bonds is 5. The van der Waals surface area contributed by atoms with Crippen LogP contribution in [0.15, 0.2) is 218 Å². The van der Waals surface area contributed by atoms with Crippen molar-refractivity contribution in [3.05, 3.63) is 218 Å². The van der Waals surface area contributed by atoms with Gasteiger partial charge >= 0.3 is 0 Å². The number of para-hydroxylation sites is 2. The molecule has 13 rings (SSSR count). The fourth-order valence-electron chi connectivity index (χ4n) is 9.95. The second-order valence-corrected chi connectivity index (χ2v) is 17.2. The molecular weight excluding hydrogens is 757 g/mol. The lowest BCUT2D eigenvalue weighted by molar-refractivity contribution is 1.18. The molecule has 0 bridgehead atoms. The molecule has 2 nitrogen and oxygen atoms in total. The van der Waals surface area contributed by atoms with E-state index in [0.29, 0.717) is 0 Å². The summed E-state index contributed by atoms with van der Waals surface area (Å²) in [4.78, 5) is 0. The van der Waals surface area contributed by atoms with Crippen LogP contribution < -0.4 is 0 Å². The van der Waals surface area contributed by atoms with Crippen molar-refractivity contribution in [3.63, 3.8) is 0 Å². The van der Waals surface area contributed by atoms with Crippen molar-refractivity contribution in [2.24, 2.45) is 0 Å². The van der Waals surface area contributed by atoms with Gasteiger partial charge in [0.15, 0.2) is 0 Å². The third-order valence-corrected chi connectivity index (χ3v) is 13.8. The number of hydrogen-bond acceptors (Lipinski definition) is 1. The Morgan fingerprint density at radius 3 is 1.74 bits per heavy atom. The molecule has 284 valence electrons. The largest absolute Gasteiger partial charge is 0.309 e. The molecule has 0 unspecified atom stereocenters. The molecule has 0 saturated heterocycles. The summed E-state index contributed by atoms with van der Waals surface area (Å²) in [7, 11) is 0. The zero-order valence-electron chi connectivity index (χ0n) is 33.1. The molecule has 13 aromatic rings. The van der Waals surface area contributed by atoms with E-state index in [4.69, 9.17) is 0 Å². The zero-order chi connectivity index (χ0) is 40.0. The summed E-state index contributed by atoms with van der Waals surface area (Å²) in [6.07, 6.45) is 0. The fraction of sp³-hybridized carbons (Fsp3) is 0. The first kappa shape index (κ1) is 34.2. The van der Waals surface area contributed by atoms with Crippen molar-refractivity contribution in [2.45, 2.75) is 0 Å². The minimum absolute atomic E-state index is 1.16. The number of hydrogen-bond donors (Lipinski definition) is 0. The summed E-state index contributed by atoms with van der Waals surface area (Å²) in [6.45, 7) is 0. The molecule has 3 heteroatoms. The molecule has 61 heavy (non-hydrogen) atoms. The van der Waals surface area contributed by atoms with Gasteiger partial charge in [0.05, 0.1) is 22.1 Å². The van der Waals surface area contributed by atoms with Crippen LogP contribution in [0.1, 0.15) is 0 Å². The van der Waals surface area contributed by atoms with Gasteiger partial charge in [-0.1, -0.05) is 140 Å². The van der Waals surface area contributed by atoms with Gasteiger partial charge in [0.1, 0.15) is 0 Å². The third-order valence-electron chi connectivity index (χ3n) is 12.7. The topological polar surface area (TPSA) is 9.86 Å². The van der Waals surface area contributed by atoms with E-state index in [-0.39, 0.29) is 0 Å². The molecule has 0 radical (unpaired) electrons. The second kappa shape index (κ2) is 13.4. The molecule has 3 heterocycles. The lowest BCUT2D eigenvalue weighted by atomic mass is 9.96. The van der Waals surface area contributed by atoms with Crippen LogP contribution in [-0.2, 0) is 0 Å². The quantitative estimate of drug-likeness (QED) is 0.164. The summed E-state index contributed by atoms with van der Waals surface area (Å²) in [5.74, 6) is 0. The van der Waals surface area contributed by atoms with Crippen LogP contribution in [0.2, 0.25) is 0 Å². The first-order chi connectivity index (χ1) is 30.2. The first-order valence-corrected chi connectivity index (χ1v) is 21.7. The molecule has 10 aromatic carbocycles. The molecule has 0 N–H and O–H groups in total. The number of nitrogens with zero attached hydrogens (tertiary/aromatic N) is 2. The summed E-state index contributed by atoms with van der Waals surface area (Å²) < 4.78 is 7.44. The molecule has 0 aliphatic heterocycles. The van der Waals surface area contributed by atoms with Crippen molar-refractivity contribution < 1.29 is 0 Å². The van der Waals surface area contributed by atoms with Gasteiger partial charge in [0, 0.05) is 53.1 Å². The Bertz CT molecular complexity index is 3870. The highest BCUT2D eigenvalue weighted by atomic mass is 32.1. The predicted molar refractivity (Wildman–Crippen MR) is 262 cm³/mol. The van der Waals surface area contributed by atoms with Gasteiger partial charge in [-0.3, -0.25) is 0 Å². The van der Waals surface area contributed by atoms with E-state index >= 15 is 0 Å². The lowest BCUT2D eigenvalue weighted by Crippen LogP contribution is -1.94. The van der Waals surface area contributed by atoms with Gasteiger partial charge in [-0.05, 0) is 123 Å². The molecule has 0 aliphatic rings. The van der Waals surface area contributed by atoms with Crippen LogP contribution in [-0.4, -0.2) is 9.13 Å². The Kier molecular flexibility index (Phi) is 7.51. The minimum Gasteiger partial charge on any atom is -0.309 e. The molecular formula is C58H36N2S. The lowest BCUT2D eigenvalue weighted by Gasteiger charge is -2.11. The van der Waals surface area contributed by atoms with Gasteiger partial charge in [-0.25, -0.2) is 0 Å². The average Bonchev–Trinajstić information content (AvgIpc) is 3.99. The Labute approximate surface area is 356 Å². The van der Waals surface area contributed by atoms with Gasteiger partial charge in [-0.15, -0.1) is 11.3 Å². The smallest absolute Gasteiger partial charge is 0.0547 e. The Balaban J connectivity index is 0.978. The molecule has 0 amide bonds. The average molecular weight is 793 g/mol. The van der Waals surface area contributed by atoms with Gasteiger partial charge < -0.3 is 9.13 Å². The van der Waals surface area contributed by atoms with Gasteiger partial charge in [-0.2, -0.15) is 0 Å². The van der Waals surface area contributed by atoms with E-state index in [1.54, 1.807) is 0 Å². The van der Waals surface area contributed by atoms with Crippen molar-refractivity contribution >= 4 is 85.9 Å². The Morgan fingerprint density at radius 1 is 0.279 bits per heavy atom. The monoisotopic (exact) mass is 792 g/mol. The van der Waals surface area contributed by atoms with Crippen molar-refractivity contribution in [1.29, 1.82) is 0 Å². The normalized spacial score (nSPS) is 11.9. The highest BCUT2D eigenvalue weighted by Gasteiger charge is 2.19. The second-order valence-electron chi connectivity index (χ2n) is 16.1. The first-order valence-electron chi connectivity index (χ1n) is 20.9. The van der Waals surface area contributed by atoms with Crippen molar-refractivity contribution in [2.75, 3.05) is 0 Å². The highest BCUT2D eigenvalue weighted by molar-refractivity contribution is 7.26. The van der Waals surface area contributed by atoms with E-state index in [0.717, 1.165) is 5.69 Å². The van der Waals surface area contributed by atoms with Crippen molar-refractivity contribution in [1.82, 2.24) is 9.13 Å². The van der Waals surface area contributed by atoms with Crippen LogP contribution >= 0.6 is 11.3 Å². The molecule has 0 saturated carbocycles. The third kappa shape index (κ3) is 5.28. The predicted octanol–water partition coefficient (Wildman–Crippen LogP) is 16.4. The SMILES string of the molecule is c1ccc(-c2cccc(-n3c4ccccc4c4cc(-c5cccc6sc7ccc(-c8ccc9c(c8)c8c%10ccccc%10ccc8n9-c8ccccc8)cc7c56)ccc43)c2)cc1. The number of thiophene rings is 1.